The average molecular weight is 381 g/mol. The Kier molecular flexibility index (Phi) is 4.56. The van der Waals surface area contributed by atoms with Crippen molar-refractivity contribution in [2.24, 2.45) is 0 Å². The third-order valence-corrected chi connectivity index (χ3v) is 8.95. The molecule has 0 bridgehead atoms. The molecule has 2 heteroatoms. The molecule has 0 amide bonds. The molecule has 3 rings (SSSR count). The van der Waals surface area contributed by atoms with E-state index in [2.05, 4.69) is 119 Å². The van der Waals surface area contributed by atoms with E-state index < -0.39 is 6.69 Å². The van der Waals surface area contributed by atoms with Crippen LogP contribution in [0.1, 0.15) is 16.7 Å². The predicted molar refractivity (Wildman–Crippen MR) is 106 cm³/mol. The molecule has 0 radical (unpaired) electrons. The van der Waals surface area contributed by atoms with Crippen LogP contribution in [0.2, 0.25) is 13.1 Å². The number of hydrogen-bond acceptors (Lipinski definition) is 0. The summed E-state index contributed by atoms with van der Waals surface area (Å²) in [4.78, 5) is 0. The fourth-order valence-electron chi connectivity index (χ4n) is 3.59. The fourth-order valence-corrected chi connectivity index (χ4v) is 8.21. The number of halogens is 1. The van der Waals surface area contributed by atoms with Crippen molar-refractivity contribution in [1.29, 1.82) is 0 Å². The van der Waals surface area contributed by atoms with Crippen molar-refractivity contribution in [1.82, 2.24) is 0 Å². The predicted octanol–water partition coefficient (Wildman–Crippen LogP) is 6.16. The molecule has 3 aromatic rings. The Morgan fingerprint density at radius 2 is 0.826 bits per heavy atom. The van der Waals surface area contributed by atoms with Crippen LogP contribution < -0.4 is 0 Å². The third-order valence-electron chi connectivity index (χ3n) is 4.51. The molecule has 0 aliphatic carbocycles. The van der Waals surface area contributed by atoms with Crippen LogP contribution in [0.15, 0.2) is 91.0 Å². The molecule has 0 N–H and O–H groups in total. The van der Waals surface area contributed by atoms with Crippen molar-refractivity contribution in [3.63, 3.8) is 0 Å². The molecule has 0 unspecified atom stereocenters. The van der Waals surface area contributed by atoms with Crippen LogP contribution in [0.3, 0.4) is 0 Å². The maximum Gasteiger partial charge on any atom is 0.143 e. The van der Waals surface area contributed by atoms with Crippen molar-refractivity contribution in [2.75, 3.05) is 0 Å². The molecule has 0 atom stereocenters. The lowest BCUT2D eigenvalue weighted by Crippen LogP contribution is -2.49. The van der Waals surface area contributed by atoms with Gasteiger partial charge in [-0.15, -0.1) is 15.3 Å². The topological polar surface area (TPSA) is 0 Å². The minimum Gasteiger partial charge on any atom is -0.125 e. The van der Waals surface area contributed by atoms with E-state index >= 15 is 0 Å². The highest BCUT2D eigenvalue weighted by Crippen LogP contribution is 2.48. The maximum absolute atomic E-state index is 4.15. The second-order valence-corrected chi connectivity index (χ2v) is 16.0. The fraction of sp³-hybridized carbons (Fsp3) is 0.143. The minimum atomic E-state index is -1.85. The standard InChI is InChI=1S/C21H21BrSi/c1-23(2,22)21(18-12-6-3-7-13-18,19-14-8-4-9-15-19)20-16-10-5-11-17-20/h3-17H,1-2H3. The first-order valence-electron chi connectivity index (χ1n) is 7.92. The van der Waals surface area contributed by atoms with E-state index in [9.17, 15) is 0 Å². The van der Waals surface area contributed by atoms with Crippen molar-refractivity contribution >= 4 is 22.0 Å². The first-order chi connectivity index (χ1) is 11.1. The summed E-state index contributed by atoms with van der Waals surface area (Å²) in [6.07, 6.45) is 0. The van der Waals surface area contributed by atoms with Crippen molar-refractivity contribution < 1.29 is 0 Å². The molecule has 0 aromatic heterocycles. The molecule has 0 aliphatic heterocycles. The van der Waals surface area contributed by atoms with Crippen LogP contribution in [-0.4, -0.2) is 6.69 Å². The molecule has 0 heterocycles. The monoisotopic (exact) mass is 380 g/mol. The molecule has 0 fully saturated rings. The summed E-state index contributed by atoms with van der Waals surface area (Å²) in [5.41, 5.74) is 4.06. The first kappa shape index (κ1) is 16.2. The normalized spacial score (nSPS) is 12.1. The Morgan fingerprint density at radius 3 is 1.04 bits per heavy atom. The summed E-state index contributed by atoms with van der Waals surface area (Å²) in [5, 5.41) is -0.128. The summed E-state index contributed by atoms with van der Waals surface area (Å²) < 4.78 is 0. The summed E-state index contributed by atoms with van der Waals surface area (Å²) >= 11 is 4.15. The van der Waals surface area contributed by atoms with Crippen LogP contribution in [0.25, 0.3) is 0 Å². The van der Waals surface area contributed by atoms with Gasteiger partial charge in [-0.3, -0.25) is 0 Å². The highest BCUT2D eigenvalue weighted by atomic mass is 79.9. The van der Waals surface area contributed by atoms with E-state index in [4.69, 9.17) is 0 Å². The summed E-state index contributed by atoms with van der Waals surface area (Å²) in [6, 6.07) is 32.7. The van der Waals surface area contributed by atoms with Crippen molar-refractivity contribution in [2.45, 2.75) is 18.1 Å². The van der Waals surface area contributed by atoms with Gasteiger partial charge in [0.15, 0.2) is 0 Å². The van der Waals surface area contributed by atoms with Gasteiger partial charge in [0.25, 0.3) is 0 Å². The van der Waals surface area contributed by atoms with Gasteiger partial charge in [-0.05, 0) is 16.7 Å². The number of benzene rings is 3. The molecule has 0 saturated carbocycles. The maximum atomic E-state index is 4.15. The molecule has 0 saturated heterocycles. The minimum absolute atomic E-state index is 0.128. The SMILES string of the molecule is C[Si](C)(Br)C(c1ccccc1)(c1ccccc1)c1ccccc1. The first-order valence-corrected chi connectivity index (χ1v) is 13.2. The van der Waals surface area contributed by atoms with Crippen LogP contribution in [-0.2, 0) is 5.04 Å². The van der Waals surface area contributed by atoms with Gasteiger partial charge in [0, 0.05) is 5.04 Å². The van der Waals surface area contributed by atoms with Gasteiger partial charge in [-0.1, -0.05) is 104 Å². The number of hydrogen-bond donors (Lipinski definition) is 0. The Hall–Kier alpha value is -1.64. The van der Waals surface area contributed by atoms with E-state index in [1.807, 2.05) is 0 Å². The van der Waals surface area contributed by atoms with Crippen LogP contribution in [0.4, 0.5) is 0 Å². The quantitative estimate of drug-likeness (QED) is 0.288. The van der Waals surface area contributed by atoms with Crippen LogP contribution in [0.5, 0.6) is 0 Å². The van der Waals surface area contributed by atoms with Gasteiger partial charge in [0.05, 0.1) is 0 Å². The van der Waals surface area contributed by atoms with Crippen molar-refractivity contribution in [3.8, 4) is 0 Å². The van der Waals surface area contributed by atoms with Gasteiger partial charge in [0.1, 0.15) is 6.69 Å². The van der Waals surface area contributed by atoms with E-state index in [-0.39, 0.29) is 5.04 Å². The molecule has 0 spiro atoms. The summed E-state index contributed by atoms with van der Waals surface area (Å²) in [7, 11) is 0. The Balaban J connectivity index is 2.41. The second kappa shape index (κ2) is 6.46. The molecule has 3 aromatic carbocycles. The molecular formula is C21H21BrSi. The zero-order valence-corrected chi connectivity index (χ0v) is 16.1. The van der Waals surface area contributed by atoms with E-state index in [1.54, 1.807) is 0 Å². The molecule has 23 heavy (non-hydrogen) atoms. The lowest BCUT2D eigenvalue weighted by atomic mass is 9.84. The average Bonchev–Trinajstić information content (AvgIpc) is 2.57. The molecule has 0 nitrogen and oxygen atoms in total. The zero-order valence-electron chi connectivity index (χ0n) is 13.5. The highest BCUT2D eigenvalue weighted by Gasteiger charge is 2.49. The van der Waals surface area contributed by atoms with E-state index in [1.165, 1.54) is 16.7 Å². The van der Waals surface area contributed by atoms with Crippen LogP contribution in [0, 0.1) is 0 Å². The molecule has 116 valence electrons. The van der Waals surface area contributed by atoms with E-state index in [0.717, 1.165) is 0 Å². The lowest BCUT2D eigenvalue weighted by molar-refractivity contribution is 0.845. The largest absolute Gasteiger partial charge is 0.143 e. The second-order valence-electron chi connectivity index (χ2n) is 6.32. The Bertz CT molecular complexity index is 649. The smallest absolute Gasteiger partial charge is 0.125 e. The van der Waals surface area contributed by atoms with Crippen molar-refractivity contribution in [3.05, 3.63) is 108 Å². The lowest BCUT2D eigenvalue weighted by Gasteiger charge is -2.44. The van der Waals surface area contributed by atoms with Gasteiger partial charge in [0.2, 0.25) is 0 Å². The third kappa shape index (κ3) is 2.82. The highest BCUT2D eigenvalue weighted by molar-refractivity contribution is 9.26. The molecule has 0 aliphatic rings. The summed E-state index contributed by atoms with van der Waals surface area (Å²) in [5.74, 6) is 0. The molecular weight excluding hydrogens is 360 g/mol. The van der Waals surface area contributed by atoms with Gasteiger partial charge in [-0.2, -0.15) is 0 Å². The Labute approximate surface area is 147 Å². The zero-order chi connectivity index (χ0) is 16.3. The van der Waals surface area contributed by atoms with E-state index in [0.29, 0.717) is 0 Å². The van der Waals surface area contributed by atoms with Gasteiger partial charge >= 0.3 is 0 Å². The Morgan fingerprint density at radius 1 is 0.565 bits per heavy atom. The van der Waals surface area contributed by atoms with Crippen LogP contribution >= 0.6 is 15.3 Å². The number of rotatable bonds is 4. The van der Waals surface area contributed by atoms with Gasteiger partial charge in [-0.25, -0.2) is 0 Å². The van der Waals surface area contributed by atoms with Gasteiger partial charge < -0.3 is 0 Å². The summed E-state index contributed by atoms with van der Waals surface area (Å²) in [6.45, 7) is 2.93.